The fraction of sp³-hybridized carbons (Fsp3) is 0.627. The zero-order valence-electron chi connectivity index (χ0n) is 70.3. The number of imidazole rings is 1. The molecule has 39 heteroatoms. The number of carbonyl (C=O) groups excluding carboxylic acids is 13. The minimum atomic E-state index is -3.93. The number of aliphatic hydroxyl groups is 2. The summed E-state index contributed by atoms with van der Waals surface area (Å²) in [7, 11) is -3.93. The summed E-state index contributed by atoms with van der Waals surface area (Å²) in [5.41, 5.74) is 19.4. The number of unbranched alkanes of at least 4 members (excludes halogenated alkanes) is 13. The van der Waals surface area contributed by atoms with Gasteiger partial charge in [-0.05, 0) is 75.0 Å². The van der Waals surface area contributed by atoms with E-state index >= 15 is 4.79 Å². The standard InChI is InChI=1S/C83H129N19O19S/c1-3-5-7-8-9-10-11-12-13-14-15-16-20-34-72(107)101-122(118,119)44-26-35-70(105)89-40-41-120-42-43-121-53-73(108)93-67(47-57-50-87-54-92-57)79(114)100-68(52-103)80(115)96-62(30-6-4-2)75(110)97-64-36-37-71(106)88-38-24-23-32-61(74(84)109)94-78(113)66(46-56-49-91-60-31-22-21-29-59(56)60)98-76(111)63(33-25-39-90-83(85)86)95-77(112)65(45-55-27-18-17-19-28-55)99-81(116)69-48-58(104)51-102(69)82(64)117/h17-19,21-22,27-29,31,49-50,54,58,61-69,91,103-104H,3-16,20,23-26,30,32-48,51-53H2,1-2H3,(H2,84,109)(H,87,92)(H,88,106)(H,89,105)(H,93,108)(H,94,113)(H,95,112)(H,96,115)(H,97,110)(H,98,111)(H,99,116)(H,100,114)(H,101,107)(H4,85,86,90)/t58-,61+,62+,63+,64+,65-,66+,67+,68+,69+/m1/s1. The van der Waals surface area contributed by atoms with Crippen LogP contribution in [-0.2, 0) is 101 Å². The average Bonchev–Trinajstić information content (AvgIpc) is 1.66. The molecule has 0 radical (unpaired) electrons. The number of carbonyl (C=O) groups is 13. The molecule has 0 aliphatic carbocycles. The van der Waals surface area contributed by atoms with E-state index in [0.29, 0.717) is 36.1 Å². The van der Waals surface area contributed by atoms with Crippen molar-refractivity contribution in [2.75, 3.05) is 65.0 Å². The lowest BCUT2D eigenvalue weighted by Gasteiger charge is -2.31. The molecule has 2 aromatic heterocycles. The van der Waals surface area contributed by atoms with Crippen LogP contribution in [0, 0.1) is 0 Å². The number of amides is 13. The van der Waals surface area contributed by atoms with E-state index in [1.807, 2.05) is 18.2 Å². The van der Waals surface area contributed by atoms with Crippen LogP contribution in [0.2, 0.25) is 0 Å². The molecule has 2 saturated heterocycles. The van der Waals surface area contributed by atoms with E-state index in [1.165, 1.54) is 63.9 Å². The first kappa shape index (κ1) is 100. The lowest BCUT2D eigenvalue weighted by atomic mass is 10.0. The third kappa shape index (κ3) is 37.8. The van der Waals surface area contributed by atoms with Crippen LogP contribution in [0.4, 0.5) is 0 Å². The van der Waals surface area contributed by atoms with E-state index < -0.39 is 186 Å². The second-order valence-corrected chi connectivity index (χ2v) is 32.8. The van der Waals surface area contributed by atoms with Crippen LogP contribution in [0.1, 0.15) is 204 Å². The summed E-state index contributed by atoms with van der Waals surface area (Å²) >= 11 is 0. The number of sulfonamides is 1. The normalized spacial score (nSPS) is 19.3. The average molecular weight is 1730 g/mol. The summed E-state index contributed by atoms with van der Waals surface area (Å²) < 4.78 is 38.2. The molecule has 21 N–H and O–H groups in total. The third-order valence-electron chi connectivity index (χ3n) is 21.0. The first-order chi connectivity index (χ1) is 58.7. The Morgan fingerprint density at radius 1 is 0.648 bits per heavy atom. The van der Waals surface area contributed by atoms with E-state index in [0.717, 1.165) is 41.5 Å². The number of nitrogens with two attached hydrogens (primary N) is 3. The quantitative estimate of drug-likeness (QED) is 0.0162. The highest BCUT2D eigenvalue weighted by Crippen LogP contribution is 2.24. The van der Waals surface area contributed by atoms with Crippen LogP contribution in [0.5, 0.6) is 0 Å². The van der Waals surface area contributed by atoms with Crippen LogP contribution in [0.15, 0.2) is 78.3 Å². The van der Waals surface area contributed by atoms with Gasteiger partial charge in [0.25, 0.3) is 0 Å². The highest BCUT2D eigenvalue weighted by Gasteiger charge is 2.44. The lowest BCUT2D eigenvalue weighted by molar-refractivity contribution is -0.143. The maximum atomic E-state index is 15.2. The molecule has 0 spiro atoms. The fourth-order valence-electron chi connectivity index (χ4n) is 14.2. The van der Waals surface area contributed by atoms with E-state index in [1.54, 1.807) is 49.5 Å². The number of aliphatic hydroxyl groups excluding tert-OH is 2. The maximum absolute atomic E-state index is 15.2. The zero-order chi connectivity index (χ0) is 88.6. The molecule has 676 valence electrons. The van der Waals surface area contributed by atoms with Gasteiger partial charge in [0.15, 0.2) is 5.96 Å². The monoisotopic (exact) mass is 1730 g/mol. The molecule has 0 bridgehead atoms. The Morgan fingerprint density at radius 2 is 1.28 bits per heavy atom. The van der Waals surface area contributed by atoms with Gasteiger partial charge in [0, 0.05) is 100 Å². The number of ether oxygens (including phenoxy) is 2. The van der Waals surface area contributed by atoms with Crippen molar-refractivity contribution in [2.24, 2.45) is 22.2 Å². The molecule has 13 amide bonds. The lowest BCUT2D eigenvalue weighted by Crippen LogP contribution is -2.61. The SMILES string of the molecule is CCCCCCCCCCCCCCCC(=O)NS(=O)(=O)CCCC(=O)NCCOCCOCC(=O)N[C@@H](Cc1cnc[nH]1)C(=O)N[C@@H](CO)C(=O)N[C@@H](CCCC)C(=O)N[C@H]1CCC(=O)NCCCC[C@@H](C(N)=O)NC(=O)[C@H](Cc2c[nH]c3ccccc23)NC(=O)[C@H](CCCN=C(N)N)NC(=O)[C@@H](Cc2ccccc2)NC(=O)[C@@H]2C[C@@H](O)CN2C1=O. The van der Waals surface area contributed by atoms with Crippen LogP contribution in [0.25, 0.3) is 10.9 Å². The number of para-hydroxylation sites is 1. The molecule has 4 aromatic rings. The number of hydrogen-bond donors (Lipinski definition) is 18. The smallest absolute Gasteiger partial charge is 0.246 e. The van der Waals surface area contributed by atoms with Crippen molar-refractivity contribution >= 4 is 104 Å². The summed E-state index contributed by atoms with van der Waals surface area (Å²) in [6, 6.07) is 2.25. The number of guanidine groups is 1. The second kappa shape index (κ2) is 55.4. The van der Waals surface area contributed by atoms with Gasteiger partial charge in [-0.15, -0.1) is 0 Å². The Morgan fingerprint density at radius 3 is 1.97 bits per heavy atom. The predicted molar refractivity (Wildman–Crippen MR) is 454 cm³/mol. The molecule has 4 heterocycles. The van der Waals surface area contributed by atoms with Gasteiger partial charge in [0.05, 0.1) is 44.6 Å². The number of hydrogen-bond acceptors (Lipinski definition) is 21. The second-order valence-electron chi connectivity index (χ2n) is 31.0. The van der Waals surface area contributed by atoms with Crippen LogP contribution >= 0.6 is 0 Å². The molecular weight excluding hydrogens is 1600 g/mol. The minimum absolute atomic E-state index is 0.00510. The van der Waals surface area contributed by atoms with Gasteiger partial charge in [0.2, 0.25) is 86.8 Å². The van der Waals surface area contributed by atoms with Crippen molar-refractivity contribution < 1.29 is 90.4 Å². The molecule has 38 nitrogen and oxygen atoms in total. The van der Waals surface area contributed by atoms with Gasteiger partial charge >= 0.3 is 0 Å². The number of aromatic nitrogens is 3. The Bertz CT molecular complexity index is 4110. The molecule has 0 unspecified atom stereocenters. The molecule has 2 aliphatic rings. The Labute approximate surface area is 712 Å². The molecule has 2 aliphatic heterocycles. The van der Waals surface area contributed by atoms with Gasteiger partial charge in [-0.3, -0.25) is 72.0 Å². The summed E-state index contributed by atoms with van der Waals surface area (Å²) in [5, 5.41) is 49.2. The predicted octanol–water partition coefficient (Wildman–Crippen LogP) is 0.418. The fourth-order valence-corrected chi connectivity index (χ4v) is 15.3. The molecule has 10 atom stereocenters. The van der Waals surface area contributed by atoms with Crippen LogP contribution in [-0.4, -0.2) is 247 Å². The van der Waals surface area contributed by atoms with Gasteiger partial charge < -0.3 is 105 Å². The largest absolute Gasteiger partial charge is 0.394 e. The minimum Gasteiger partial charge on any atom is -0.394 e. The number of aliphatic imine (C=N–C) groups is 1. The Kier molecular flexibility index (Phi) is 45.5. The Hall–Kier alpha value is -10.6. The molecule has 6 rings (SSSR count). The van der Waals surface area contributed by atoms with E-state index in [-0.39, 0.29) is 129 Å². The molecule has 0 saturated carbocycles. The van der Waals surface area contributed by atoms with Gasteiger partial charge in [-0.2, -0.15) is 0 Å². The number of benzene rings is 2. The van der Waals surface area contributed by atoms with Crippen molar-refractivity contribution in [1.29, 1.82) is 0 Å². The van der Waals surface area contributed by atoms with E-state index in [4.69, 9.17) is 26.7 Å². The van der Waals surface area contributed by atoms with Crippen LogP contribution in [0.3, 0.4) is 0 Å². The highest BCUT2D eigenvalue weighted by atomic mass is 32.2. The molecule has 2 fully saturated rings. The number of rotatable bonds is 49. The number of primary amides is 1. The van der Waals surface area contributed by atoms with E-state index in [2.05, 4.69) is 84.8 Å². The van der Waals surface area contributed by atoms with Crippen molar-refractivity contribution in [2.45, 2.75) is 267 Å². The summed E-state index contributed by atoms with van der Waals surface area (Å²) in [4.78, 5) is 198. The first-order valence-electron chi connectivity index (χ1n) is 42.8. The third-order valence-corrected chi connectivity index (χ3v) is 22.3. The van der Waals surface area contributed by atoms with Gasteiger partial charge in [-0.1, -0.05) is 152 Å². The maximum Gasteiger partial charge on any atom is 0.246 e. The Balaban J connectivity index is 1.07. The van der Waals surface area contributed by atoms with Gasteiger partial charge in [-0.25, -0.2) is 13.4 Å². The number of fused-ring (bicyclic) bond motifs is 2. The number of nitrogens with zero attached hydrogens (tertiary/aromatic N) is 3. The highest BCUT2D eigenvalue weighted by molar-refractivity contribution is 7.90. The van der Waals surface area contributed by atoms with Gasteiger partial charge in [0.1, 0.15) is 61.0 Å². The molecule has 122 heavy (non-hydrogen) atoms. The van der Waals surface area contributed by atoms with Crippen molar-refractivity contribution in [1.82, 2.24) is 77.7 Å². The van der Waals surface area contributed by atoms with Crippen molar-refractivity contribution in [3.05, 3.63) is 90.1 Å². The van der Waals surface area contributed by atoms with Crippen LogP contribution < -0.4 is 75.1 Å². The zero-order valence-corrected chi connectivity index (χ0v) is 71.1. The van der Waals surface area contributed by atoms with Crippen molar-refractivity contribution in [3.63, 3.8) is 0 Å². The molecular formula is C83H129N19O19S. The summed E-state index contributed by atoms with van der Waals surface area (Å²) in [6.45, 7) is 1.91. The number of aromatic amines is 2. The number of nitrogens with one attached hydrogen (secondary N) is 13. The van der Waals surface area contributed by atoms with Crippen molar-refractivity contribution in [3.8, 4) is 0 Å². The summed E-state index contributed by atoms with van der Waals surface area (Å²) in [5.74, 6) is -11.4. The van der Waals surface area contributed by atoms with E-state index in [9.17, 15) is 76.2 Å². The summed E-state index contributed by atoms with van der Waals surface area (Å²) in [6.07, 6.45) is 17.2. The molecule has 2 aromatic carbocycles. The first-order valence-corrected chi connectivity index (χ1v) is 44.5. The number of H-pyrrole nitrogens is 2. The topological polar surface area (TPSA) is 585 Å².